The maximum absolute atomic E-state index is 2.49. The molecule has 0 aliphatic heterocycles. The Balaban J connectivity index is 2.17. The van der Waals surface area contributed by atoms with E-state index >= 15 is 0 Å². The molecular formula is C13H20. The second-order valence-corrected chi connectivity index (χ2v) is 4.83. The summed E-state index contributed by atoms with van der Waals surface area (Å²) >= 11 is 0. The number of hydrogen-bond donors (Lipinski definition) is 0. The maximum Gasteiger partial charge on any atom is -0.0145 e. The molecule has 13 heavy (non-hydrogen) atoms. The summed E-state index contributed by atoms with van der Waals surface area (Å²) in [5, 5.41) is 0. The van der Waals surface area contributed by atoms with E-state index in [0.717, 1.165) is 5.92 Å². The van der Waals surface area contributed by atoms with E-state index in [2.05, 4.69) is 31.2 Å². The first-order valence-corrected chi connectivity index (χ1v) is 5.63. The van der Waals surface area contributed by atoms with Crippen LogP contribution in [0, 0.1) is 11.3 Å². The molecule has 2 rings (SSSR count). The molecule has 0 amide bonds. The minimum absolute atomic E-state index is 0.611. The Morgan fingerprint density at radius 3 is 2.92 bits per heavy atom. The van der Waals surface area contributed by atoms with Crippen molar-refractivity contribution >= 4 is 0 Å². The van der Waals surface area contributed by atoms with Gasteiger partial charge in [-0.15, -0.1) is 0 Å². The van der Waals surface area contributed by atoms with Gasteiger partial charge in [-0.1, -0.05) is 31.2 Å². The summed E-state index contributed by atoms with van der Waals surface area (Å²) in [4.78, 5) is 0. The van der Waals surface area contributed by atoms with Gasteiger partial charge in [-0.3, -0.25) is 0 Å². The predicted octanol–water partition coefficient (Wildman–Crippen LogP) is 4.09. The highest BCUT2D eigenvalue weighted by Gasteiger charge is 2.32. The zero-order valence-electron chi connectivity index (χ0n) is 8.63. The molecule has 72 valence electrons. The lowest BCUT2D eigenvalue weighted by molar-refractivity contribution is 0.175. The summed E-state index contributed by atoms with van der Waals surface area (Å²) in [6, 6.07) is 0. The Bertz CT molecular complexity index is 224. The largest absolute Gasteiger partial charge is 0.0885 e. The van der Waals surface area contributed by atoms with Gasteiger partial charge in [-0.2, -0.15) is 0 Å². The third kappa shape index (κ3) is 1.87. The summed E-state index contributed by atoms with van der Waals surface area (Å²) < 4.78 is 0. The van der Waals surface area contributed by atoms with Crippen LogP contribution in [0.4, 0.5) is 0 Å². The maximum atomic E-state index is 2.49. The number of fused-ring (bicyclic) bond motifs is 1. The molecule has 0 saturated carbocycles. The molecule has 0 bridgehead atoms. The van der Waals surface area contributed by atoms with Crippen LogP contribution in [0.15, 0.2) is 24.3 Å². The molecule has 0 aromatic carbocycles. The first kappa shape index (κ1) is 9.05. The quantitative estimate of drug-likeness (QED) is 0.488. The van der Waals surface area contributed by atoms with Crippen LogP contribution in [0.3, 0.4) is 0 Å². The molecule has 0 fully saturated rings. The molecule has 2 aliphatic carbocycles. The first-order valence-electron chi connectivity index (χ1n) is 5.63. The molecule has 2 atom stereocenters. The van der Waals surface area contributed by atoms with Gasteiger partial charge >= 0.3 is 0 Å². The van der Waals surface area contributed by atoms with Gasteiger partial charge in [0.05, 0.1) is 0 Å². The van der Waals surface area contributed by atoms with E-state index in [-0.39, 0.29) is 0 Å². The summed E-state index contributed by atoms with van der Waals surface area (Å²) in [7, 11) is 0. The Labute approximate surface area is 81.7 Å². The molecule has 0 nitrogen and oxygen atoms in total. The Morgan fingerprint density at radius 1 is 1.08 bits per heavy atom. The van der Waals surface area contributed by atoms with Crippen molar-refractivity contribution in [2.24, 2.45) is 11.3 Å². The van der Waals surface area contributed by atoms with Crippen LogP contribution in [-0.2, 0) is 0 Å². The molecule has 0 N–H and O–H groups in total. The standard InChI is InChI=1S/C13H20/c1-13-10-6-3-2-4-8-12(13)9-5-7-11-13/h2,4-5,9,12H,3,6-8,10-11H2,1H3. The minimum Gasteiger partial charge on any atom is -0.0885 e. The number of hydrogen-bond acceptors (Lipinski definition) is 0. The fourth-order valence-corrected chi connectivity index (χ4v) is 2.75. The average Bonchev–Trinajstić information content (AvgIpc) is 2.09. The minimum atomic E-state index is 0.611. The smallest absolute Gasteiger partial charge is 0.0145 e. The Morgan fingerprint density at radius 2 is 2.00 bits per heavy atom. The predicted molar refractivity (Wildman–Crippen MR) is 57.6 cm³/mol. The van der Waals surface area contributed by atoms with Crippen molar-refractivity contribution in [1.82, 2.24) is 0 Å². The van der Waals surface area contributed by atoms with Crippen molar-refractivity contribution in [2.45, 2.75) is 45.4 Å². The molecule has 2 aliphatic rings. The highest BCUT2D eigenvalue weighted by Crippen LogP contribution is 2.44. The highest BCUT2D eigenvalue weighted by molar-refractivity contribution is 5.06. The van der Waals surface area contributed by atoms with Crippen LogP contribution in [-0.4, -0.2) is 0 Å². The van der Waals surface area contributed by atoms with Gasteiger partial charge in [0.25, 0.3) is 0 Å². The lowest BCUT2D eigenvalue weighted by Crippen LogP contribution is -2.28. The van der Waals surface area contributed by atoms with Crippen LogP contribution >= 0.6 is 0 Å². The normalized spacial score (nSPS) is 39.3. The van der Waals surface area contributed by atoms with Gasteiger partial charge in [0.15, 0.2) is 0 Å². The van der Waals surface area contributed by atoms with Crippen molar-refractivity contribution in [3.63, 3.8) is 0 Å². The van der Waals surface area contributed by atoms with E-state index in [9.17, 15) is 0 Å². The van der Waals surface area contributed by atoms with Crippen LogP contribution in [0.5, 0.6) is 0 Å². The number of allylic oxidation sites excluding steroid dienone is 4. The van der Waals surface area contributed by atoms with Crippen LogP contribution in [0.25, 0.3) is 0 Å². The second kappa shape index (κ2) is 3.69. The Kier molecular flexibility index (Phi) is 2.57. The Hall–Kier alpha value is -0.520. The molecular weight excluding hydrogens is 156 g/mol. The van der Waals surface area contributed by atoms with E-state index in [1.807, 2.05) is 0 Å². The summed E-state index contributed by atoms with van der Waals surface area (Å²) in [6.07, 6.45) is 17.7. The van der Waals surface area contributed by atoms with Gasteiger partial charge in [-0.25, -0.2) is 0 Å². The lowest BCUT2D eigenvalue weighted by Gasteiger charge is -2.39. The fourth-order valence-electron chi connectivity index (χ4n) is 2.75. The van der Waals surface area contributed by atoms with Crippen molar-refractivity contribution in [3.8, 4) is 0 Å². The molecule has 0 aromatic heterocycles. The van der Waals surface area contributed by atoms with E-state index in [1.54, 1.807) is 0 Å². The van der Waals surface area contributed by atoms with Crippen molar-refractivity contribution < 1.29 is 0 Å². The average molecular weight is 176 g/mol. The summed E-state index contributed by atoms with van der Waals surface area (Å²) in [5.41, 5.74) is 0.611. The summed E-state index contributed by atoms with van der Waals surface area (Å²) in [6.45, 7) is 2.49. The highest BCUT2D eigenvalue weighted by atomic mass is 14.4. The zero-order chi connectivity index (χ0) is 9.15. The van der Waals surface area contributed by atoms with E-state index in [0.29, 0.717) is 5.41 Å². The third-order valence-electron chi connectivity index (χ3n) is 3.82. The van der Waals surface area contributed by atoms with Crippen LogP contribution in [0.2, 0.25) is 0 Å². The topological polar surface area (TPSA) is 0 Å². The van der Waals surface area contributed by atoms with Crippen molar-refractivity contribution in [3.05, 3.63) is 24.3 Å². The molecule has 0 heteroatoms. The monoisotopic (exact) mass is 176 g/mol. The molecule has 0 aromatic rings. The molecule has 0 radical (unpaired) electrons. The molecule has 0 heterocycles. The van der Waals surface area contributed by atoms with Crippen LogP contribution < -0.4 is 0 Å². The van der Waals surface area contributed by atoms with Gasteiger partial charge in [-0.05, 0) is 49.9 Å². The molecule has 0 spiro atoms. The van der Waals surface area contributed by atoms with Crippen LogP contribution in [0.1, 0.15) is 45.4 Å². The van der Waals surface area contributed by atoms with Gasteiger partial charge in [0.2, 0.25) is 0 Å². The van der Waals surface area contributed by atoms with Gasteiger partial charge in [0.1, 0.15) is 0 Å². The van der Waals surface area contributed by atoms with Crippen molar-refractivity contribution in [2.75, 3.05) is 0 Å². The second-order valence-electron chi connectivity index (χ2n) is 4.83. The van der Waals surface area contributed by atoms with Gasteiger partial charge in [0, 0.05) is 0 Å². The molecule has 2 unspecified atom stereocenters. The SMILES string of the molecule is CC12CCC=CC1CC=CCCC2. The lowest BCUT2D eigenvalue weighted by atomic mass is 9.66. The fraction of sp³-hybridized carbons (Fsp3) is 0.692. The number of rotatable bonds is 0. The van der Waals surface area contributed by atoms with Crippen molar-refractivity contribution in [1.29, 1.82) is 0 Å². The van der Waals surface area contributed by atoms with E-state index < -0.39 is 0 Å². The zero-order valence-corrected chi connectivity index (χ0v) is 8.63. The third-order valence-corrected chi connectivity index (χ3v) is 3.82. The van der Waals surface area contributed by atoms with Gasteiger partial charge < -0.3 is 0 Å². The molecule has 0 saturated heterocycles. The van der Waals surface area contributed by atoms with E-state index in [1.165, 1.54) is 38.5 Å². The first-order chi connectivity index (χ1) is 6.31. The summed E-state index contributed by atoms with van der Waals surface area (Å²) in [5.74, 6) is 0.817. The van der Waals surface area contributed by atoms with E-state index in [4.69, 9.17) is 0 Å².